The van der Waals surface area contributed by atoms with Crippen LogP contribution in [-0.4, -0.2) is 45.9 Å². The molecule has 2 saturated heterocycles. The second-order valence-electron chi connectivity index (χ2n) is 9.80. The zero-order valence-corrected chi connectivity index (χ0v) is 24.1. The largest absolute Gasteiger partial charge is 0.368 e. The van der Waals surface area contributed by atoms with Gasteiger partial charge in [0.25, 0.3) is 11.5 Å². The molecule has 3 aromatic rings. The van der Waals surface area contributed by atoms with E-state index in [1.807, 2.05) is 37.3 Å². The van der Waals surface area contributed by atoms with Crippen LogP contribution in [0.4, 0.5) is 15.9 Å². The third-order valence-corrected chi connectivity index (χ3v) is 8.84. The Morgan fingerprint density at radius 2 is 1.65 bits per heavy atom. The van der Waals surface area contributed by atoms with Crippen LogP contribution in [0.3, 0.4) is 0 Å². The quantitative estimate of drug-likeness (QED) is 0.315. The molecule has 1 aromatic heterocycles. The SMILES string of the molecule is Cc1c(/C=C2/SC(=S)N(C(C)c3ccccc3)C2=O)c(N2CCN(c3ccc(F)cc3)CC2)n(C)c(=O)c1C#N. The molecule has 10 heteroatoms. The van der Waals surface area contributed by atoms with Gasteiger partial charge in [-0.3, -0.25) is 19.1 Å². The van der Waals surface area contributed by atoms with E-state index in [4.69, 9.17) is 12.2 Å². The van der Waals surface area contributed by atoms with Crippen molar-refractivity contribution in [3.05, 3.63) is 97.9 Å². The molecule has 204 valence electrons. The molecule has 0 radical (unpaired) electrons. The number of nitriles is 1. The molecule has 0 aliphatic carbocycles. The maximum Gasteiger partial charge on any atom is 0.270 e. The minimum atomic E-state index is -0.377. The van der Waals surface area contributed by atoms with Crippen molar-refractivity contribution < 1.29 is 9.18 Å². The van der Waals surface area contributed by atoms with Crippen LogP contribution in [0.1, 0.15) is 35.2 Å². The summed E-state index contributed by atoms with van der Waals surface area (Å²) in [4.78, 5) is 33.1. The fraction of sp³-hybridized carbons (Fsp3) is 0.267. The number of thioether (sulfide) groups is 1. The summed E-state index contributed by atoms with van der Waals surface area (Å²) < 4.78 is 15.4. The van der Waals surface area contributed by atoms with E-state index in [-0.39, 0.29) is 28.9 Å². The lowest BCUT2D eigenvalue weighted by atomic mass is 10.0. The zero-order chi connectivity index (χ0) is 28.6. The van der Waals surface area contributed by atoms with Crippen LogP contribution in [0.25, 0.3) is 6.08 Å². The van der Waals surface area contributed by atoms with Gasteiger partial charge in [0.05, 0.1) is 10.9 Å². The molecular weight excluding hydrogens is 545 g/mol. The first-order valence-corrected chi connectivity index (χ1v) is 14.1. The van der Waals surface area contributed by atoms with Crippen LogP contribution in [0, 0.1) is 24.1 Å². The summed E-state index contributed by atoms with van der Waals surface area (Å²) in [7, 11) is 1.66. The number of amides is 1. The monoisotopic (exact) mass is 573 g/mol. The number of thiocarbonyl (C=S) groups is 1. The highest BCUT2D eigenvalue weighted by molar-refractivity contribution is 8.26. The Morgan fingerprint density at radius 3 is 2.27 bits per heavy atom. The number of halogens is 1. The normalized spacial score (nSPS) is 17.5. The first-order valence-electron chi connectivity index (χ1n) is 12.9. The van der Waals surface area contributed by atoms with Crippen molar-refractivity contribution in [3.63, 3.8) is 0 Å². The number of piperazine rings is 1. The molecular formula is C30H28FN5O2S2. The Morgan fingerprint density at radius 1 is 1.02 bits per heavy atom. The van der Waals surface area contributed by atoms with E-state index in [0.717, 1.165) is 11.3 Å². The lowest BCUT2D eigenvalue weighted by molar-refractivity contribution is -0.123. The van der Waals surface area contributed by atoms with E-state index in [1.165, 1.54) is 28.5 Å². The van der Waals surface area contributed by atoms with Gasteiger partial charge in [0.1, 0.15) is 27.6 Å². The van der Waals surface area contributed by atoms with Gasteiger partial charge in [0.2, 0.25) is 0 Å². The lowest BCUT2D eigenvalue weighted by Gasteiger charge is -2.38. The van der Waals surface area contributed by atoms with E-state index < -0.39 is 0 Å². The Bertz CT molecular complexity index is 1600. The Hall–Kier alpha value is -3.94. The van der Waals surface area contributed by atoms with E-state index >= 15 is 0 Å². The number of carbonyl (C=O) groups is 1. The smallest absolute Gasteiger partial charge is 0.270 e. The molecule has 0 spiro atoms. The van der Waals surface area contributed by atoms with E-state index in [9.17, 15) is 19.2 Å². The van der Waals surface area contributed by atoms with Crippen LogP contribution < -0.4 is 15.4 Å². The van der Waals surface area contributed by atoms with Crippen molar-refractivity contribution in [2.45, 2.75) is 19.9 Å². The summed E-state index contributed by atoms with van der Waals surface area (Å²) in [5.41, 5.74) is 2.77. The average Bonchev–Trinajstić information content (AvgIpc) is 3.25. The molecule has 0 saturated carbocycles. The number of pyridine rings is 1. The number of nitrogens with zero attached hydrogens (tertiary/aromatic N) is 5. The number of carbonyl (C=O) groups excluding carboxylic acids is 1. The number of rotatable bonds is 5. The summed E-state index contributed by atoms with van der Waals surface area (Å²) in [5.74, 6) is 0.172. The van der Waals surface area contributed by atoms with Crippen molar-refractivity contribution >= 4 is 51.8 Å². The van der Waals surface area contributed by atoms with Gasteiger partial charge in [-0.15, -0.1) is 0 Å². The molecule has 0 N–H and O–H groups in total. The molecule has 1 atom stereocenters. The molecule has 0 bridgehead atoms. The van der Waals surface area contributed by atoms with Crippen LogP contribution in [0.15, 0.2) is 64.3 Å². The lowest BCUT2D eigenvalue weighted by Crippen LogP contribution is -2.48. The van der Waals surface area contributed by atoms with Crippen molar-refractivity contribution in [2.24, 2.45) is 7.05 Å². The van der Waals surface area contributed by atoms with Gasteiger partial charge < -0.3 is 9.80 Å². The molecule has 2 fully saturated rings. The molecule has 3 heterocycles. The third kappa shape index (κ3) is 5.03. The number of hydrogen-bond donors (Lipinski definition) is 0. The highest BCUT2D eigenvalue weighted by Gasteiger charge is 2.37. The standard InChI is InChI=1S/C30H28FN5O2S2/c1-19-24(17-26-29(38)36(30(39)40-26)20(2)21-7-5-4-6-8-21)27(33(3)28(37)25(19)18-32)35-15-13-34(14-16-35)23-11-9-22(31)10-12-23/h4-12,17,20H,13-16H2,1-3H3/b26-17+. The van der Waals surface area contributed by atoms with Crippen LogP contribution in [0.5, 0.6) is 0 Å². The fourth-order valence-corrected chi connectivity index (χ4v) is 6.65. The predicted molar refractivity (Wildman–Crippen MR) is 162 cm³/mol. The van der Waals surface area contributed by atoms with E-state index in [2.05, 4.69) is 15.9 Å². The summed E-state index contributed by atoms with van der Waals surface area (Å²) in [6.45, 7) is 6.22. The van der Waals surface area contributed by atoms with Crippen LogP contribution in [0.2, 0.25) is 0 Å². The zero-order valence-electron chi connectivity index (χ0n) is 22.4. The van der Waals surface area contributed by atoms with E-state index in [0.29, 0.717) is 52.3 Å². The average molecular weight is 574 g/mol. The second kappa shape index (κ2) is 11.3. The minimum Gasteiger partial charge on any atom is -0.368 e. The van der Waals surface area contributed by atoms with Gasteiger partial charge in [-0.2, -0.15) is 5.26 Å². The van der Waals surface area contributed by atoms with Gasteiger partial charge in [0.15, 0.2) is 0 Å². The fourth-order valence-electron chi connectivity index (χ4n) is 5.25. The first-order chi connectivity index (χ1) is 19.2. The number of aromatic nitrogens is 1. The van der Waals surface area contributed by atoms with Crippen molar-refractivity contribution in [3.8, 4) is 6.07 Å². The van der Waals surface area contributed by atoms with Gasteiger partial charge in [0, 0.05) is 44.5 Å². The molecule has 1 unspecified atom stereocenters. The van der Waals surface area contributed by atoms with Crippen molar-refractivity contribution in [1.82, 2.24) is 9.47 Å². The maximum atomic E-state index is 13.6. The number of anilines is 2. The summed E-state index contributed by atoms with van der Waals surface area (Å²) >= 11 is 6.85. The van der Waals surface area contributed by atoms with Crippen molar-refractivity contribution in [1.29, 1.82) is 5.26 Å². The molecule has 7 nitrogen and oxygen atoms in total. The second-order valence-corrected chi connectivity index (χ2v) is 11.5. The Kier molecular flexibility index (Phi) is 7.79. The molecule has 1 amide bonds. The number of benzene rings is 2. The third-order valence-electron chi connectivity index (χ3n) is 7.51. The van der Waals surface area contributed by atoms with Crippen molar-refractivity contribution in [2.75, 3.05) is 36.0 Å². The minimum absolute atomic E-state index is 0.0515. The van der Waals surface area contributed by atoms with Crippen LogP contribution >= 0.6 is 24.0 Å². The first kappa shape index (κ1) is 27.6. The van der Waals surface area contributed by atoms with Gasteiger partial charge in [-0.1, -0.05) is 54.3 Å². The maximum absolute atomic E-state index is 13.6. The molecule has 5 rings (SSSR count). The predicted octanol–water partition coefficient (Wildman–Crippen LogP) is 4.99. The molecule has 40 heavy (non-hydrogen) atoms. The summed E-state index contributed by atoms with van der Waals surface area (Å²) in [5, 5.41) is 9.79. The summed E-state index contributed by atoms with van der Waals surface area (Å²) in [6.07, 6.45) is 1.77. The molecule has 2 aliphatic heterocycles. The van der Waals surface area contributed by atoms with Crippen LogP contribution in [-0.2, 0) is 11.8 Å². The molecule has 2 aliphatic rings. The number of hydrogen-bond acceptors (Lipinski definition) is 7. The molecule has 2 aromatic carbocycles. The van der Waals surface area contributed by atoms with E-state index in [1.54, 1.807) is 37.1 Å². The summed E-state index contributed by atoms with van der Waals surface area (Å²) in [6, 6.07) is 17.9. The Labute approximate surface area is 242 Å². The van der Waals surface area contributed by atoms with Gasteiger partial charge in [-0.25, -0.2) is 4.39 Å². The Balaban J connectivity index is 1.50. The topological polar surface area (TPSA) is 72.6 Å². The highest BCUT2D eigenvalue weighted by atomic mass is 32.2. The highest BCUT2D eigenvalue weighted by Crippen LogP contribution is 2.39. The van der Waals surface area contributed by atoms with Gasteiger partial charge in [-0.05, 0) is 55.3 Å². The van der Waals surface area contributed by atoms with Gasteiger partial charge >= 0.3 is 0 Å².